The summed E-state index contributed by atoms with van der Waals surface area (Å²) in [5.41, 5.74) is 3.58. The van der Waals surface area contributed by atoms with E-state index in [9.17, 15) is 9.18 Å². The maximum absolute atomic E-state index is 13.2. The Labute approximate surface area is 244 Å². The zero-order valence-electron chi connectivity index (χ0n) is 21.5. The molecule has 0 bridgehead atoms. The summed E-state index contributed by atoms with van der Waals surface area (Å²) < 4.78 is 31.0. The summed E-state index contributed by atoms with van der Waals surface area (Å²) >= 11 is 3.52. The first kappa shape index (κ1) is 27.5. The van der Waals surface area contributed by atoms with Gasteiger partial charge in [0.25, 0.3) is 5.91 Å². The lowest BCUT2D eigenvalue weighted by molar-refractivity contribution is -0.121. The highest BCUT2D eigenvalue weighted by molar-refractivity contribution is 14.1. The van der Waals surface area contributed by atoms with Crippen LogP contribution in [-0.2, 0) is 16.1 Å². The quantitative estimate of drug-likeness (QED) is 0.226. The Morgan fingerprint density at radius 3 is 2.51 bits per heavy atom. The third-order valence-corrected chi connectivity index (χ3v) is 8.16. The smallest absolute Gasteiger partial charge is 0.266 e. The number of amidine groups is 1. The van der Waals surface area contributed by atoms with Crippen molar-refractivity contribution in [2.75, 3.05) is 45.4 Å². The van der Waals surface area contributed by atoms with Crippen molar-refractivity contribution in [1.82, 2.24) is 4.90 Å². The van der Waals surface area contributed by atoms with Gasteiger partial charge in [0.05, 0.1) is 34.5 Å². The molecule has 0 aliphatic carbocycles. The molecule has 10 heteroatoms. The Morgan fingerprint density at radius 1 is 1.10 bits per heavy atom. The zero-order chi connectivity index (χ0) is 27.4. The largest absolute Gasteiger partial charge is 0.493 e. The molecule has 0 N–H and O–H groups in total. The maximum atomic E-state index is 13.2. The molecule has 0 unspecified atom stereocenters. The first-order valence-electron chi connectivity index (χ1n) is 12.3. The van der Waals surface area contributed by atoms with Gasteiger partial charge in [-0.3, -0.25) is 9.69 Å². The van der Waals surface area contributed by atoms with Gasteiger partial charge in [-0.15, -0.1) is 0 Å². The molecule has 1 amide bonds. The van der Waals surface area contributed by atoms with E-state index in [1.54, 1.807) is 31.2 Å². The molecule has 0 radical (unpaired) electrons. The fourth-order valence-electron chi connectivity index (χ4n) is 4.17. The van der Waals surface area contributed by atoms with Crippen LogP contribution in [0.15, 0.2) is 70.6 Å². The molecule has 0 saturated carbocycles. The molecule has 2 saturated heterocycles. The molecule has 39 heavy (non-hydrogen) atoms. The number of hydrogen-bond donors (Lipinski definition) is 0. The van der Waals surface area contributed by atoms with Crippen molar-refractivity contribution in [3.63, 3.8) is 0 Å². The average Bonchev–Trinajstić information content (AvgIpc) is 3.21. The van der Waals surface area contributed by atoms with E-state index < -0.39 is 0 Å². The standard InChI is InChI=1S/C29H27FIN3O4S/c1-33-28(35)26(39-29(33)32-22-7-9-23(10-8-22)34-11-13-37-14-12-34)17-20-15-24(31)27(25(16-20)36-2)38-18-19-3-5-21(30)6-4-19/h3-10,15-17H,11-14,18H2,1-2H3/b26-17-,32-29?. The van der Waals surface area contributed by atoms with Gasteiger partial charge < -0.3 is 19.1 Å². The van der Waals surface area contributed by atoms with Crippen molar-refractivity contribution < 1.29 is 23.4 Å². The first-order valence-corrected chi connectivity index (χ1v) is 14.2. The number of anilines is 1. The summed E-state index contributed by atoms with van der Waals surface area (Å²) in [4.78, 5) is 22.2. The number of methoxy groups -OCH3 is 1. The molecule has 5 rings (SSSR count). The number of likely N-dealkylation sites (N-methyl/N-ethyl adjacent to an activating group) is 1. The summed E-state index contributed by atoms with van der Waals surface area (Å²) in [5.74, 6) is 0.737. The van der Waals surface area contributed by atoms with Crippen molar-refractivity contribution in [2.45, 2.75) is 6.61 Å². The van der Waals surface area contributed by atoms with E-state index in [0.29, 0.717) is 21.6 Å². The molecule has 3 aromatic rings. The van der Waals surface area contributed by atoms with Gasteiger partial charge in [-0.05, 0) is 100 Å². The minimum Gasteiger partial charge on any atom is -0.493 e. The van der Waals surface area contributed by atoms with Crippen molar-refractivity contribution in [2.24, 2.45) is 4.99 Å². The fraction of sp³-hybridized carbons (Fsp3) is 0.241. The molecule has 2 fully saturated rings. The number of halogens is 2. The molecular formula is C29H27FIN3O4S. The van der Waals surface area contributed by atoms with E-state index in [0.717, 1.165) is 52.4 Å². The molecule has 3 aromatic carbocycles. The predicted molar refractivity (Wildman–Crippen MR) is 161 cm³/mol. The molecular weight excluding hydrogens is 632 g/mol. The van der Waals surface area contributed by atoms with Crippen LogP contribution in [0.25, 0.3) is 6.08 Å². The van der Waals surface area contributed by atoms with Gasteiger partial charge in [0, 0.05) is 25.8 Å². The summed E-state index contributed by atoms with van der Waals surface area (Å²) in [6, 6.07) is 18.0. The summed E-state index contributed by atoms with van der Waals surface area (Å²) in [5, 5.41) is 0.617. The van der Waals surface area contributed by atoms with E-state index in [-0.39, 0.29) is 18.3 Å². The highest BCUT2D eigenvalue weighted by Gasteiger charge is 2.30. The number of amides is 1. The minimum atomic E-state index is -0.289. The average molecular weight is 660 g/mol. The van der Waals surface area contributed by atoms with Gasteiger partial charge in [-0.1, -0.05) is 12.1 Å². The predicted octanol–water partition coefficient (Wildman–Crippen LogP) is 6.09. The van der Waals surface area contributed by atoms with Crippen LogP contribution in [0.4, 0.5) is 15.8 Å². The van der Waals surface area contributed by atoms with Crippen LogP contribution in [0.3, 0.4) is 0 Å². The number of aliphatic imine (C=N–C) groups is 1. The molecule has 0 atom stereocenters. The number of carbonyl (C=O) groups is 1. The second-order valence-corrected chi connectivity index (χ2v) is 11.1. The van der Waals surface area contributed by atoms with Crippen LogP contribution < -0.4 is 14.4 Å². The second kappa shape index (κ2) is 12.4. The van der Waals surface area contributed by atoms with E-state index in [4.69, 9.17) is 19.2 Å². The normalized spacial score (nSPS) is 17.8. The Balaban J connectivity index is 1.31. The van der Waals surface area contributed by atoms with Crippen LogP contribution >= 0.6 is 34.4 Å². The third-order valence-electron chi connectivity index (χ3n) is 6.30. The van der Waals surface area contributed by atoms with E-state index >= 15 is 0 Å². The lowest BCUT2D eigenvalue weighted by atomic mass is 10.1. The number of rotatable bonds is 7. The van der Waals surface area contributed by atoms with Gasteiger partial charge in [0.2, 0.25) is 0 Å². The van der Waals surface area contributed by atoms with Crippen molar-refractivity contribution in [3.8, 4) is 11.5 Å². The molecule has 0 aromatic heterocycles. The monoisotopic (exact) mass is 659 g/mol. The van der Waals surface area contributed by atoms with Crippen molar-refractivity contribution in [3.05, 3.63) is 86.1 Å². The molecule has 2 aliphatic rings. The molecule has 7 nitrogen and oxygen atoms in total. The minimum absolute atomic E-state index is 0.116. The molecule has 202 valence electrons. The van der Waals surface area contributed by atoms with Gasteiger partial charge in [-0.2, -0.15) is 0 Å². The Hall–Kier alpha value is -3.09. The number of carbonyl (C=O) groups excluding carboxylic acids is 1. The third kappa shape index (κ3) is 6.56. The highest BCUT2D eigenvalue weighted by Crippen LogP contribution is 2.38. The lowest BCUT2D eigenvalue weighted by Gasteiger charge is -2.28. The molecule has 0 spiro atoms. The fourth-order valence-corrected chi connectivity index (χ4v) is 5.94. The maximum Gasteiger partial charge on any atom is 0.266 e. The van der Waals surface area contributed by atoms with Gasteiger partial charge in [-0.25, -0.2) is 9.38 Å². The Kier molecular flexibility index (Phi) is 8.73. The van der Waals surface area contributed by atoms with Gasteiger partial charge >= 0.3 is 0 Å². The topological polar surface area (TPSA) is 63.6 Å². The Morgan fingerprint density at radius 2 is 1.82 bits per heavy atom. The van der Waals surface area contributed by atoms with Crippen LogP contribution in [0.1, 0.15) is 11.1 Å². The first-order chi connectivity index (χ1) is 18.9. The second-order valence-electron chi connectivity index (χ2n) is 8.93. The molecule has 2 aliphatic heterocycles. The van der Waals surface area contributed by atoms with E-state index in [1.807, 2.05) is 30.3 Å². The lowest BCUT2D eigenvalue weighted by Crippen LogP contribution is -2.36. The van der Waals surface area contributed by atoms with Crippen LogP contribution in [0.5, 0.6) is 11.5 Å². The number of benzene rings is 3. The number of morpholine rings is 1. The number of nitrogens with zero attached hydrogens (tertiary/aromatic N) is 3. The summed E-state index contributed by atoms with van der Waals surface area (Å²) in [6.45, 7) is 3.50. The van der Waals surface area contributed by atoms with Crippen LogP contribution in [-0.4, -0.2) is 56.4 Å². The summed E-state index contributed by atoms with van der Waals surface area (Å²) in [6.07, 6.45) is 1.84. The van der Waals surface area contributed by atoms with E-state index in [2.05, 4.69) is 39.6 Å². The van der Waals surface area contributed by atoms with Gasteiger partial charge in [0.15, 0.2) is 16.7 Å². The van der Waals surface area contributed by atoms with Crippen LogP contribution in [0.2, 0.25) is 0 Å². The summed E-state index contributed by atoms with van der Waals surface area (Å²) in [7, 11) is 3.30. The van der Waals surface area contributed by atoms with Crippen LogP contribution in [0, 0.1) is 9.39 Å². The molecule has 2 heterocycles. The van der Waals surface area contributed by atoms with Crippen molar-refractivity contribution in [1.29, 1.82) is 0 Å². The zero-order valence-corrected chi connectivity index (χ0v) is 24.5. The van der Waals surface area contributed by atoms with Crippen molar-refractivity contribution >= 4 is 62.9 Å². The SMILES string of the molecule is COc1cc(/C=C2\SC(=Nc3ccc(N4CCOCC4)cc3)N(C)C2=O)cc(I)c1OCc1ccc(F)cc1. The van der Waals surface area contributed by atoms with Gasteiger partial charge in [0.1, 0.15) is 12.4 Å². The highest BCUT2D eigenvalue weighted by atomic mass is 127. The number of thioether (sulfide) groups is 1. The van der Waals surface area contributed by atoms with E-state index in [1.165, 1.54) is 23.9 Å². The number of ether oxygens (including phenoxy) is 3. The number of hydrogen-bond acceptors (Lipinski definition) is 7. The Bertz CT molecular complexity index is 1410.